The van der Waals surface area contributed by atoms with E-state index >= 15 is 0 Å². The molecule has 0 aliphatic rings. The lowest BCUT2D eigenvalue weighted by atomic mass is 10.2. The fourth-order valence-electron chi connectivity index (χ4n) is 1.41. The maximum Gasteiger partial charge on any atom is 0.316 e. The molecular weight excluding hydrogens is 292 g/mol. The third kappa shape index (κ3) is 4.65. The van der Waals surface area contributed by atoms with Gasteiger partial charge in [-0.1, -0.05) is 17.7 Å². The molecule has 1 rings (SSSR count). The van der Waals surface area contributed by atoms with Gasteiger partial charge >= 0.3 is 10.1 Å². The van der Waals surface area contributed by atoms with Gasteiger partial charge in [0.25, 0.3) is 0 Å². The highest BCUT2D eigenvalue weighted by Crippen LogP contribution is 2.23. The molecule has 0 atom stereocenters. The van der Waals surface area contributed by atoms with Crippen LogP contribution in [0.5, 0.6) is 5.75 Å². The van der Waals surface area contributed by atoms with Crippen molar-refractivity contribution in [1.82, 2.24) is 0 Å². The molecule has 7 heteroatoms. The Labute approximate surface area is 118 Å². The summed E-state index contributed by atoms with van der Waals surface area (Å²) in [5, 5.41) is -0.440. The largest absolute Gasteiger partial charge is 0.383 e. The van der Waals surface area contributed by atoms with Crippen LogP contribution in [0.1, 0.15) is 5.56 Å². The lowest BCUT2D eigenvalue weighted by Gasteiger charge is -2.16. The third-order valence-corrected chi connectivity index (χ3v) is 4.39. The van der Waals surface area contributed by atoms with Crippen molar-refractivity contribution < 1.29 is 22.1 Å². The van der Waals surface area contributed by atoms with Crippen molar-refractivity contribution >= 4 is 21.7 Å². The molecule has 0 bridgehead atoms. The van der Waals surface area contributed by atoms with Crippen LogP contribution in [0.3, 0.4) is 0 Å². The summed E-state index contributed by atoms with van der Waals surface area (Å²) >= 11 is 5.92. The van der Waals surface area contributed by atoms with Crippen molar-refractivity contribution in [3.05, 3.63) is 28.8 Å². The molecular formula is C12H17ClO5S. The predicted octanol–water partition coefficient (Wildman–Crippen LogP) is 2.02. The summed E-state index contributed by atoms with van der Waals surface area (Å²) in [4.78, 5) is 0. The van der Waals surface area contributed by atoms with Crippen LogP contribution in [-0.2, 0) is 19.6 Å². The molecule has 108 valence electrons. The van der Waals surface area contributed by atoms with Gasteiger partial charge in [-0.05, 0) is 18.6 Å². The van der Waals surface area contributed by atoms with Crippen molar-refractivity contribution in [2.75, 3.05) is 27.4 Å². The molecule has 5 nitrogen and oxygen atoms in total. The normalized spacial score (nSPS) is 11.8. The first kappa shape index (κ1) is 16.2. The molecule has 0 spiro atoms. The van der Waals surface area contributed by atoms with E-state index < -0.39 is 15.4 Å². The zero-order valence-electron chi connectivity index (χ0n) is 11.1. The molecule has 0 aromatic heterocycles. The molecule has 0 fully saturated rings. The fraction of sp³-hybridized carbons (Fsp3) is 0.500. The van der Waals surface area contributed by atoms with E-state index in [1.165, 1.54) is 20.3 Å². The lowest BCUT2D eigenvalue weighted by molar-refractivity contribution is 0.138. The van der Waals surface area contributed by atoms with Gasteiger partial charge in [0.05, 0.1) is 13.2 Å². The van der Waals surface area contributed by atoms with Gasteiger partial charge in [0.15, 0.2) is 0 Å². The topological polar surface area (TPSA) is 61.8 Å². The fourth-order valence-corrected chi connectivity index (χ4v) is 2.70. The molecule has 1 aromatic carbocycles. The lowest BCUT2D eigenvalue weighted by Crippen LogP contribution is -2.34. The summed E-state index contributed by atoms with van der Waals surface area (Å²) in [5.41, 5.74) is 0.844. The van der Waals surface area contributed by atoms with Crippen molar-refractivity contribution in [2.24, 2.45) is 0 Å². The average molecular weight is 309 g/mol. The van der Waals surface area contributed by atoms with E-state index in [-0.39, 0.29) is 19.0 Å². The first-order chi connectivity index (χ1) is 8.90. The van der Waals surface area contributed by atoms with Gasteiger partial charge in [-0.3, -0.25) is 0 Å². The number of hydrogen-bond donors (Lipinski definition) is 0. The number of ether oxygens (including phenoxy) is 2. The van der Waals surface area contributed by atoms with Gasteiger partial charge in [-0.15, -0.1) is 0 Å². The Balaban J connectivity index is 2.90. The molecule has 19 heavy (non-hydrogen) atoms. The van der Waals surface area contributed by atoms with Crippen molar-refractivity contribution in [1.29, 1.82) is 0 Å². The zero-order valence-corrected chi connectivity index (χ0v) is 12.6. The summed E-state index contributed by atoms with van der Waals surface area (Å²) in [5.74, 6) is 0.174. The highest BCUT2D eigenvalue weighted by Gasteiger charge is 2.28. The molecule has 0 unspecified atom stereocenters. The molecule has 0 radical (unpaired) electrons. The second kappa shape index (κ2) is 7.09. The van der Waals surface area contributed by atoms with Gasteiger partial charge < -0.3 is 13.7 Å². The quantitative estimate of drug-likeness (QED) is 0.721. The Hall–Kier alpha value is -0.820. The Morgan fingerprint density at radius 3 is 2.26 bits per heavy atom. The van der Waals surface area contributed by atoms with Gasteiger partial charge in [0, 0.05) is 25.3 Å². The Morgan fingerprint density at radius 2 is 1.79 bits per heavy atom. The van der Waals surface area contributed by atoms with E-state index in [4.69, 9.17) is 25.3 Å². The highest BCUT2D eigenvalue weighted by molar-refractivity contribution is 7.87. The summed E-state index contributed by atoms with van der Waals surface area (Å²) in [7, 11) is -1.00. The van der Waals surface area contributed by atoms with Crippen molar-refractivity contribution in [2.45, 2.75) is 12.2 Å². The highest BCUT2D eigenvalue weighted by atomic mass is 35.5. The van der Waals surface area contributed by atoms with E-state index in [0.717, 1.165) is 5.56 Å². The summed E-state index contributed by atoms with van der Waals surface area (Å²) in [6.07, 6.45) is 0. The molecule has 0 saturated carbocycles. The van der Waals surface area contributed by atoms with Crippen molar-refractivity contribution in [3.63, 3.8) is 0 Å². The van der Waals surface area contributed by atoms with Gasteiger partial charge in [-0.2, -0.15) is 8.42 Å². The molecule has 0 N–H and O–H groups in total. The monoisotopic (exact) mass is 308 g/mol. The standard InChI is InChI=1S/C12H17ClO5S/c1-9-4-5-10(6-12(9)13)18-19(14,15)11(7-16-2)8-17-3/h4-6,11H,7-8H2,1-3H3. The number of rotatable bonds is 7. The van der Waals surface area contributed by atoms with Gasteiger partial charge in [0.2, 0.25) is 0 Å². The molecule has 1 aromatic rings. The number of methoxy groups -OCH3 is 2. The Kier molecular flexibility index (Phi) is 6.06. The van der Waals surface area contributed by atoms with Crippen LogP contribution < -0.4 is 4.18 Å². The van der Waals surface area contributed by atoms with Crippen LogP contribution in [0.2, 0.25) is 5.02 Å². The molecule has 0 saturated heterocycles. The Bertz CT molecular complexity index is 509. The summed E-state index contributed by atoms with van der Waals surface area (Å²) < 4.78 is 38.9. The SMILES string of the molecule is COCC(COC)S(=O)(=O)Oc1ccc(C)c(Cl)c1. The average Bonchev–Trinajstić information content (AvgIpc) is 2.33. The van der Waals surface area contributed by atoms with E-state index in [2.05, 4.69) is 0 Å². The second-order valence-corrected chi connectivity index (χ2v) is 6.25. The number of hydrogen-bond acceptors (Lipinski definition) is 5. The van der Waals surface area contributed by atoms with Crippen molar-refractivity contribution in [3.8, 4) is 5.75 Å². The Morgan fingerprint density at radius 1 is 1.21 bits per heavy atom. The smallest absolute Gasteiger partial charge is 0.316 e. The summed E-state index contributed by atoms with van der Waals surface area (Å²) in [6.45, 7) is 1.81. The predicted molar refractivity (Wildman–Crippen MR) is 73.3 cm³/mol. The first-order valence-electron chi connectivity index (χ1n) is 5.58. The van der Waals surface area contributed by atoms with Gasteiger partial charge in [0.1, 0.15) is 11.0 Å². The molecule has 0 aliphatic carbocycles. The third-order valence-electron chi connectivity index (χ3n) is 2.47. The van der Waals surface area contributed by atoms with Crippen LogP contribution >= 0.6 is 11.6 Å². The molecule has 0 amide bonds. The van der Waals surface area contributed by atoms with E-state index in [1.54, 1.807) is 12.1 Å². The van der Waals surface area contributed by atoms with Crippen LogP contribution in [0, 0.1) is 6.92 Å². The van der Waals surface area contributed by atoms with Crippen LogP contribution in [-0.4, -0.2) is 41.1 Å². The van der Waals surface area contributed by atoms with Crippen LogP contribution in [0.25, 0.3) is 0 Å². The maximum absolute atomic E-state index is 12.1. The zero-order chi connectivity index (χ0) is 14.5. The first-order valence-corrected chi connectivity index (χ1v) is 7.43. The minimum absolute atomic E-state index is 0.00420. The number of halogens is 1. The van der Waals surface area contributed by atoms with Gasteiger partial charge in [-0.25, -0.2) is 0 Å². The minimum atomic E-state index is -3.84. The maximum atomic E-state index is 12.1. The summed E-state index contributed by atoms with van der Waals surface area (Å²) in [6, 6.07) is 4.70. The van der Waals surface area contributed by atoms with E-state index in [1.807, 2.05) is 6.92 Å². The number of benzene rings is 1. The van der Waals surface area contributed by atoms with Crippen LogP contribution in [0.15, 0.2) is 18.2 Å². The molecule has 0 heterocycles. The van der Waals surface area contributed by atoms with E-state index in [0.29, 0.717) is 5.02 Å². The number of aryl methyl sites for hydroxylation is 1. The molecule has 0 aliphatic heterocycles. The van der Waals surface area contributed by atoms with Crippen LogP contribution in [0.4, 0.5) is 0 Å². The second-order valence-electron chi connectivity index (χ2n) is 4.02. The minimum Gasteiger partial charge on any atom is -0.383 e. The van der Waals surface area contributed by atoms with E-state index in [9.17, 15) is 8.42 Å².